The molecule has 2 N–H and O–H groups in total. The van der Waals surface area contributed by atoms with Gasteiger partial charge in [0.25, 0.3) is 0 Å². The maximum atomic E-state index is 5.75. The van der Waals surface area contributed by atoms with E-state index in [9.17, 15) is 0 Å². The van der Waals surface area contributed by atoms with Crippen LogP contribution < -0.4 is 5.73 Å². The second-order valence-corrected chi connectivity index (χ2v) is 3.44. The van der Waals surface area contributed by atoms with Crippen molar-refractivity contribution in [3.05, 3.63) is 35.2 Å². The molecule has 2 rings (SSSR count). The molecule has 0 spiro atoms. The molecule has 0 amide bonds. The number of halogens is 1. The first-order chi connectivity index (χ1) is 6.66. The van der Waals surface area contributed by atoms with Crippen molar-refractivity contribution in [2.24, 2.45) is 0 Å². The van der Waals surface area contributed by atoms with Gasteiger partial charge in [-0.15, -0.1) is 0 Å². The summed E-state index contributed by atoms with van der Waals surface area (Å²) in [7, 11) is 0. The van der Waals surface area contributed by atoms with Crippen LogP contribution >= 0.6 is 11.6 Å². The van der Waals surface area contributed by atoms with Gasteiger partial charge < -0.3 is 5.73 Å². The van der Waals surface area contributed by atoms with E-state index in [0.29, 0.717) is 16.5 Å². The van der Waals surface area contributed by atoms with Crippen LogP contribution in [-0.2, 0) is 0 Å². The molecule has 0 unspecified atom stereocenters. The van der Waals surface area contributed by atoms with Crippen LogP contribution in [0.2, 0.25) is 5.02 Å². The lowest BCUT2D eigenvalue weighted by Crippen LogP contribution is -2.00. The van der Waals surface area contributed by atoms with Crippen molar-refractivity contribution in [2.45, 2.75) is 6.92 Å². The zero-order valence-electron chi connectivity index (χ0n) is 7.61. The Morgan fingerprint density at radius 2 is 2.21 bits per heavy atom. The summed E-state index contributed by atoms with van der Waals surface area (Å²) in [5.41, 5.74) is 7.30. The summed E-state index contributed by atoms with van der Waals surface area (Å²) < 4.78 is 1.61. The Morgan fingerprint density at radius 1 is 1.43 bits per heavy atom. The quantitative estimate of drug-likeness (QED) is 0.778. The third-order valence-corrected chi connectivity index (χ3v) is 2.12. The fourth-order valence-electron chi connectivity index (χ4n) is 1.10. The van der Waals surface area contributed by atoms with E-state index in [1.165, 1.54) is 0 Å². The number of nitrogens with zero attached hydrogens (tertiary/aromatic N) is 3. The molecule has 0 aliphatic heterocycles. The normalized spacial score (nSPS) is 10.4. The summed E-state index contributed by atoms with van der Waals surface area (Å²) in [6.45, 7) is 1.92. The number of pyridine rings is 1. The molecule has 14 heavy (non-hydrogen) atoms. The molecule has 0 aromatic carbocycles. The number of anilines is 1. The van der Waals surface area contributed by atoms with Crippen LogP contribution in [-0.4, -0.2) is 14.8 Å². The van der Waals surface area contributed by atoms with Crippen LogP contribution in [0, 0.1) is 6.92 Å². The molecular formula is C9H9ClN4. The second-order valence-electron chi connectivity index (χ2n) is 3.00. The molecular weight excluding hydrogens is 200 g/mol. The maximum Gasteiger partial charge on any atom is 0.153 e. The third-order valence-electron chi connectivity index (χ3n) is 1.92. The fraction of sp³-hybridized carbons (Fsp3) is 0.111. The number of aromatic nitrogens is 3. The first-order valence-corrected chi connectivity index (χ1v) is 4.47. The standard InChI is InChI=1S/C9H9ClN4/c1-6-2-9(12-4-8(6)11)14-5-7(10)3-13-14/h2-5H,11H2,1H3. The molecule has 2 heterocycles. The molecule has 2 aromatic rings. The molecule has 0 saturated heterocycles. The minimum atomic E-state index is 0.585. The number of nitrogens with two attached hydrogens (primary N) is 1. The third kappa shape index (κ3) is 1.56. The van der Waals surface area contributed by atoms with E-state index in [4.69, 9.17) is 17.3 Å². The van der Waals surface area contributed by atoms with Crippen LogP contribution in [0.4, 0.5) is 5.69 Å². The Morgan fingerprint density at radius 3 is 2.79 bits per heavy atom. The van der Waals surface area contributed by atoms with Gasteiger partial charge in [0.2, 0.25) is 0 Å². The summed E-state index contributed by atoms with van der Waals surface area (Å²) in [5, 5.41) is 4.62. The van der Waals surface area contributed by atoms with Gasteiger partial charge in [0.1, 0.15) is 0 Å². The summed E-state index contributed by atoms with van der Waals surface area (Å²) in [5.74, 6) is 0.712. The van der Waals surface area contributed by atoms with Crippen molar-refractivity contribution in [2.75, 3.05) is 5.73 Å². The molecule has 72 valence electrons. The predicted molar refractivity (Wildman–Crippen MR) is 55.5 cm³/mol. The summed E-state index contributed by atoms with van der Waals surface area (Å²) in [4.78, 5) is 4.14. The van der Waals surface area contributed by atoms with Crippen molar-refractivity contribution in [1.82, 2.24) is 14.8 Å². The largest absolute Gasteiger partial charge is 0.397 e. The van der Waals surface area contributed by atoms with E-state index in [1.54, 1.807) is 23.3 Å². The predicted octanol–water partition coefficient (Wildman–Crippen LogP) is 1.81. The number of rotatable bonds is 1. The van der Waals surface area contributed by atoms with Gasteiger partial charge in [-0.3, -0.25) is 0 Å². The smallest absolute Gasteiger partial charge is 0.153 e. The average Bonchev–Trinajstić information content (AvgIpc) is 2.57. The van der Waals surface area contributed by atoms with Crippen LogP contribution in [0.5, 0.6) is 0 Å². The molecule has 0 saturated carbocycles. The Bertz CT molecular complexity index is 464. The first kappa shape index (κ1) is 9.02. The Labute approximate surface area is 86.3 Å². The molecule has 2 aromatic heterocycles. The van der Waals surface area contributed by atoms with Crippen molar-refractivity contribution in [1.29, 1.82) is 0 Å². The monoisotopic (exact) mass is 208 g/mol. The minimum absolute atomic E-state index is 0.585. The molecule has 0 bridgehead atoms. The van der Waals surface area contributed by atoms with Gasteiger partial charge in [0, 0.05) is 0 Å². The van der Waals surface area contributed by atoms with Crippen LogP contribution in [0.25, 0.3) is 5.82 Å². The number of aryl methyl sites for hydroxylation is 1. The van der Waals surface area contributed by atoms with E-state index in [2.05, 4.69) is 10.1 Å². The first-order valence-electron chi connectivity index (χ1n) is 4.09. The Balaban J connectivity index is 2.47. The highest BCUT2D eigenvalue weighted by Gasteiger charge is 2.02. The van der Waals surface area contributed by atoms with Crippen LogP contribution in [0.3, 0.4) is 0 Å². The zero-order valence-corrected chi connectivity index (χ0v) is 8.36. The minimum Gasteiger partial charge on any atom is -0.397 e. The topological polar surface area (TPSA) is 56.7 Å². The van der Waals surface area contributed by atoms with E-state index in [-0.39, 0.29) is 0 Å². The van der Waals surface area contributed by atoms with Gasteiger partial charge in [-0.05, 0) is 18.6 Å². The number of hydrogen-bond donors (Lipinski definition) is 1. The molecule has 0 aliphatic rings. The van der Waals surface area contributed by atoms with Gasteiger partial charge in [-0.25, -0.2) is 9.67 Å². The van der Waals surface area contributed by atoms with Gasteiger partial charge in [-0.2, -0.15) is 5.10 Å². The molecule has 0 fully saturated rings. The highest BCUT2D eigenvalue weighted by Crippen LogP contribution is 2.14. The van der Waals surface area contributed by atoms with Gasteiger partial charge in [0.05, 0.1) is 29.3 Å². The number of hydrogen-bond acceptors (Lipinski definition) is 3. The van der Waals surface area contributed by atoms with E-state index in [0.717, 1.165) is 5.56 Å². The second kappa shape index (κ2) is 3.31. The van der Waals surface area contributed by atoms with Crippen molar-refractivity contribution in [3.8, 4) is 5.82 Å². The molecule has 5 heteroatoms. The van der Waals surface area contributed by atoms with Gasteiger partial charge in [0.15, 0.2) is 5.82 Å². The highest BCUT2D eigenvalue weighted by atomic mass is 35.5. The fourth-order valence-corrected chi connectivity index (χ4v) is 1.24. The molecule has 0 atom stereocenters. The van der Waals surface area contributed by atoms with Crippen molar-refractivity contribution < 1.29 is 0 Å². The lowest BCUT2D eigenvalue weighted by atomic mass is 10.2. The lowest BCUT2D eigenvalue weighted by Gasteiger charge is -2.03. The van der Waals surface area contributed by atoms with Crippen molar-refractivity contribution in [3.63, 3.8) is 0 Å². The van der Waals surface area contributed by atoms with Crippen LogP contribution in [0.1, 0.15) is 5.56 Å². The maximum absolute atomic E-state index is 5.75. The Kier molecular flexibility index (Phi) is 2.13. The molecule has 0 aliphatic carbocycles. The van der Waals surface area contributed by atoms with E-state index in [1.807, 2.05) is 13.0 Å². The van der Waals surface area contributed by atoms with Gasteiger partial charge in [-0.1, -0.05) is 11.6 Å². The Hall–Kier alpha value is -1.55. The lowest BCUT2D eigenvalue weighted by molar-refractivity contribution is 0.846. The SMILES string of the molecule is Cc1cc(-n2cc(Cl)cn2)ncc1N. The van der Waals surface area contributed by atoms with E-state index < -0.39 is 0 Å². The number of nitrogen functional groups attached to an aromatic ring is 1. The van der Waals surface area contributed by atoms with Crippen LogP contribution in [0.15, 0.2) is 24.7 Å². The summed E-state index contributed by atoms with van der Waals surface area (Å²) in [6.07, 6.45) is 4.87. The average molecular weight is 209 g/mol. The highest BCUT2D eigenvalue weighted by molar-refractivity contribution is 6.30. The molecule has 0 radical (unpaired) electrons. The van der Waals surface area contributed by atoms with Crippen molar-refractivity contribution >= 4 is 17.3 Å². The van der Waals surface area contributed by atoms with E-state index >= 15 is 0 Å². The molecule has 4 nitrogen and oxygen atoms in total. The summed E-state index contributed by atoms with van der Waals surface area (Å²) in [6, 6.07) is 1.86. The van der Waals surface area contributed by atoms with Gasteiger partial charge >= 0.3 is 0 Å². The summed E-state index contributed by atoms with van der Waals surface area (Å²) >= 11 is 5.75. The zero-order chi connectivity index (χ0) is 10.1.